The molecule has 0 saturated carbocycles. The molecule has 0 spiro atoms. The summed E-state index contributed by atoms with van der Waals surface area (Å²) in [6.45, 7) is 0.598. The van der Waals surface area contributed by atoms with Gasteiger partial charge in [0.1, 0.15) is 12.4 Å². The van der Waals surface area contributed by atoms with Crippen molar-refractivity contribution in [2.45, 2.75) is 55.9 Å². The SMILES string of the molecule is CS(=O)(=O)c1cccc(OCC(O)CCCN(CCCCCCC(=O)O)S(C)(=O)=O)c1. The number of sulfone groups is 1. The highest BCUT2D eigenvalue weighted by Crippen LogP contribution is 2.18. The fraction of sp³-hybridized carbons (Fsp3) is 0.650. The number of aliphatic carboxylic acids is 1. The first kappa shape index (κ1) is 27.3. The van der Waals surface area contributed by atoms with Crippen LogP contribution in [0.4, 0.5) is 0 Å². The molecule has 31 heavy (non-hydrogen) atoms. The largest absolute Gasteiger partial charge is 0.491 e. The molecule has 1 rings (SSSR count). The molecular weight excluding hydrogens is 446 g/mol. The zero-order valence-electron chi connectivity index (χ0n) is 18.1. The normalized spacial score (nSPS) is 13.3. The minimum Gasteiger partial charge on any atom is -0.491 e. The maximum atomic E-state index is 12.0. The summed E-state index contributed by atoms with van der Waals surface area (Å²) < 4.78 is 53.9. The molecule has 0 aromatic heterocycles. The van der Waals surface area contributed by atoms with E-state index in [2.05, 4.69) is 0 Å². The molecule has 0 bridgehead atoms. The van der Waals surface area contributed by atoms with Gasteiger partial charge in [0, 0.05) is 25.8 Å². The van der Waals surface area contributed by atoms with E-state index in [1.54, 1.807) is 12.1 Å². The van der Waals surface area contributed by atoms with Crippen molar-refractivity contribution >= 4 is 25.8 Å². The number of carbonyl (C=O) groups is 1. The molecule has 0 aliphatic heterocycles. The van der Waals surface area contributed by atoms with E-state index in [-0.39, 0.29) is 24.5 Å². The molecule has 0 fully saturated rings. The molecule has 0 radical (unpaired) electrons. The minimum absolute atomic E-state index is 0.0321. The van der Waals surface area contributed by atoms with Crippen LogP contribution in [0.3, 0.4) is 0 Å². The van der Waals surface area contributed by atoms with Crippen molar-refractivity contribution in [3.63, 3.8) is 0 Å². The van der Waals surface area contributed by atoms with Crippen LogP contribution in [0.25, 0.3) is 0 Å². The van der Waals surface area contributed by atoms with Crippen molar-refractivity contribution in [2.75, 3.05) is 32.2 Å². The predicted molar refractivity (Wildman–Crippen MR) is 117 cm³/mol. The number of sulfonamides is 1. The smallest absolute Gasteiger partial charge is 0.303 e. The second kappa shape index (κ2) is 13.0. The molecule has 9 nitrogen and oxygen atoms in total. The van der Waals surface area contributed by atoms with Gasteiger partial charge >= 0.3 is 5.97 Å². The van der Waals surface area contributed by atoms with E-state index in [0.717, 1.165) is 25.4 Å². The van der Waals surface area contributed by atoms with Crippen LogP contribution in [0, 0.1) is 0 Å². The molecule has 1 aromatic carbocycles. The number of hydrogen-bond donors (Lipinski definition) is 2. The Bertz CT molecular complexity index is 900. The van der Waals surface area contributed by atoms with Gasteiger partial charge in [-0.05, 0) is 43.9 Å². The summed E-state index contributed by atoms with van der Waals surface area (Å²) in [5, 5.41) is 18.7. The third-order valence-corrected chi connectivity index (χ3v) is 7.05. The summed E-state index contributed by atoms with van der Waals surface area (Å²) in [6, 6.07) is 6.02. The van der Waals surface area contributed by atoms with E-state index in [4.69, 9.17) is 9.84 Å². The van der Waals surface area contributed by atoms with E-state index in [1.165, 1.54) is 16.4 Å². The molecule has 1 unspecified atom stereocenters. The monoisotopic (exact) mass is 479 g/mol. The lowest BCUT2D eigenvalue weighted by atomic mass is 10.1. The Balaban J connectivity index is 2.38. The summed E-state index contributed by atoms with van der Waals surface area (Å²) >= 11 is 0. The molecular formula is C20H33NO8S2. The van der Waals surface area contributed by atoms with Crippen LogP contribution >= 0.6 is 0 Å². The summed E-state index contributed by atoms with van der Waals surface area (Å²) in [6.07, 6.45) is 5.03. The molecule has 0 aliphatic carbocycles. The van der Waals surface area contributed by atoms with Gasteiger partial charge in [0.15, 0.2) is 9.84 Å². The first-order valence-corrected chi connectivity index (χ1v) is 13.9. The van der Waals surface area contributed by atoms with Crippen LogP contribution in [0.1, 0.15) is 44.9 Å². The topological polar surface area (TPSA) is 138 Å². The molecule has 11 heteroatoms. The Morgan fingerprint density at radius 2 is 1.68 bits per heavy atom. The number of nitrogens with zero attached hydrogens (tertiary/aromatic N) is 1. The molecule has 0 saturated heterocycles. The predicted octanol–water partition coefficient (Wildman–Crippen LogP) is 1.91. The van der Waals surface area contributed by atoms with Gasteiger partial charge in [-0.2, -0.15) is 0 Å². The Kier molecular flexibility index (Phi) is 11.5. The van der Waals surface area contributed by atoms with Gasteiger partial charge in [-0.25, -0.2) is 21.1 Å². The number of carboxylic acid groups (broad SMARTS) is 1. The second-order valence-corrected chi connectivity index (χ2v) is 11.6. The number of hydrogen-bond acceptors (Lipinski definition) is 7. The van der Waals surface area contributed by atoms with Crippen LogP contribution < -0.4 is 4.74 Å². The van der Waals surface area contributed by atoms with Crippen molar-refractivity contribution < 1.29 is 36.6 Å². The Hall–Kier alpha value is -1.69. The van der Waals surface area contributed by atoms with Gasteiger partial charge in [-0.3, -0.25) is 4.79 Å². The minimum atomic E-state index is -3.37. The van der Waals surface area contributed by atoms with E-state index < -0.39 is 31.9 Å². The fourth-order valence-corrected chi connectivity index (χ4v) is 4.51. The maximum absolute atomic E-state index is 12.0. The van der Waals surface area contributed by atoms with Gasteiger partial charge in [-0.1, -0.05) is 18.9 Å². The first-order chi connectivity index (χ1) is 14.4. The van der Waals surface area contributed by atoms with Gasteiger partial charge in [0.2, 0.25) is 10.0 Å². The lowest BCUT2D eigenvalue weighted by molar-refractivity contribution is -0.137. The average molecular weight is 480 g/mol. The number of aliphatic hydroxyl groups is 1. The average Bonchev–Trinajstić information content (AvgIpc) is 2.66. The van der Waals surface area contributed by atoms with Gasteiger partial charge in [-0.15, -0.1) is 0 Å². The van der Waals surface area contributed by atoms with Crippen LogP contribution in [0.2, 0.25) is 0 Å². The summed E-state index contributed by atoms with van der Waals surface area (Å²) in [7, 11) is -6.72. The van der Waals surface area contributed by atoms with Crippen molar-refractivity contribution in [3.8, 4) is 5.75 Å². The molecule has 1 atom stereocenters. The highest BCUT2D eigenvalue weighted by molar-refractivity contribution is 7.90. The lowest BCUT2D eigenvalue weighted by Gasteiger charge is -2.20. The summed E-state index contributed by atoms with van der Waals surface area (Å²) in [5.41, 5.74) is 0. The molecule has 2 N–H and O–H groups in total. The van der Waals surface area contributed by atoms with Crippen LogP contribution in [-0.2, 0) is 24.7 Å². The molecule has 1 aromatic rings. The number of carboxylic acids is 1. The highest BCUT2D eigenvalue weighted by Gasteiger charge is 2.17. The fourth-order valence-electron chi connectivity index (χ4n) is 2.94. The first-order valence-electron chi connectivity index (χ1n) is 10.2. The number of rotatable bonds is 16. The third-order valence-electron chi connectivity index (χ3n) is 4.64. The standard InChI is InChI=1S/C20H33NO8S2/c1-30(25,26)19-11-7-10-18(15-19)29-16-17(22)9-8-14-21(31(2,27)28)13-6-4-3-5-12-20(23)24/h7,10-11,15,17,22H,3-6,8-9,12-14,16H2,1-2H3,(H,23,24). The van der Waals surface area contributed by atoms with Crippen LogP contribution in [-0.4, -0.2) is 75.6 Å². The summed E-state index contributed by atoms with van der Waals surface area (Å²) in [5.74, 6) is -0.494. The molecule has 0 aliphatic rings. The Morgan fingerprint density at radius 1 is 1.03 bits per heavy atom. The Morgan fingerprint density at radius 3 is 2.29 bits per heavy atom. The van der Waals surface area contributed by atoms with E-state index in [9.17, 15) is 26.7 Å². The maximum Gasteiger partial charge on any atom is 0.303 e. The van der Waals surface area contributed by atoms with E-state index in [0.29, 0.717) is 38.0 Å². The van der Waals surface area contributed by atoms with Gasteiger partial charge in [0.05, 0.1) is 17.3 Å². The van der Waals surface area contributed by atoms with Crippen molar-refractivity contribution in [2.24, 2.45) is 0 Å². The van der Waals surface area contributed by atoms with Gasteiger partial charge < -0.3 is 14.9 Å². The third kappa shape index (κ3) is 12.1. The lowest BCUT2D eigenvalue weighted by Crippen LogP contribution is -2.32. The number of benzene rings is 1. The second-order valence-electron chi connectivity index (χ2n) is 7.57. The molecule has 0 amide bonds. The van der Waals surface area contributed by atoms with Crippen LogP contribution in [0.15, 0.2) is 29.2 Å². The number of ether oxygens (including phenoxy) is 1. The van der Waals surface area contributed by atoms with Gasteiger partial charge in [0.25, 0.3) is 0 Å². The number of aliphatic hydroxyl groups excluding tert-OH is 1. The number of unbranched alkanes of at least 4 members (excludes halogenated alkanes) is 3. The Labute approximate surface area is 185 Å². The van der Waals surface area contributed by atoms with Crippen molar-refractivity contribution in [3.05, 3.63) is 24.3 Å². The zero-order valence-corrected chi connectivity index (χ0v) is 19.7. The highest BCUT2D eigenvalue weighted by atomic mass is 32.2. The molecule has 178 valence electrons. The van der Waals surface area contributed by atoms with Crippen LogP contribution in [0.5, 0.6) is 5.75 Å². The van der Waals surface area contributed by atoms with E-state index >= 15 is 0 Å². The summed E-state index contributed by atoms with van der Waals surface area (Å²) in [4.78, 5) is 10.6. The zero-order chi connectivity index (χ0) is 23.5. The quantitative estimate of drug-likeness (QED) is 0.343. The molecule has 0 heterocycles. The van der Waals surface area contributed by atoms with Crippen molar-refractivity contribution in [1.29, 1.82) is 0 Å². The van der Waals surface area contributed by atoms with E-state index in [1.807, 2.05) is 0 Å². The van der Waals surface area contributed by atoms with Crippen molar-refractivity contribution in [1.82, 2.24) is 4.31 Å².